The number of rotatable bonds is 5. The number of hydrogen-bond donors (Lipinski definition) is 1. The first-order valence-electron chi connectivity index (χ1n) is 10.3. The molecular formula is C23H23ClN2O6. The largest absolute Gasteiger partial charge is 0.465 e. The first-order chi connectivity index (χ1) is 15.5. The van der Waals surface area contributed by atoms with Crippen LogP contribution in [0.2, 0.25) is 5.02 Å². The Balaban J connectivity index is 1.69. The van der Waals surface area contributed by atoms with E-state index in [0.717, 1.165) is 10.5 Å². The van der Waals surface area contributed by atoms with Gasteiger partial charge in [0.05, 0.1) is 31.2 Å². The molecule has 2 unspecified atom stereocenters. The van der Waals surface area contributed by atoms with Crippen molar-refractivity contribution in [2.45, 2.75) is 24.4 Å². The second-order valence-corrected chi connectivity index (χ2v) is 8.21. The predicted octanol–water partition coefficient (Wildman–Crippen LogP) is 3.39. The molecule has 0 spiro atoms. The SMILES string of the molecule is O=C(O)N1CCOCC1[C@@H](C(=O)N1C(=O)OCC1Cc1ccccc1)c1ccc(Cl)cc1. The Morgan fingerprint density at radius 2 is 1.81 bits per heavy atom. The Morgan fingerprint density at radius 3 is 2.50 bits per heavy atom. The van der Waals surface area contributed by atoms with Crippen LogP contribution >= 0.6 is 11.6 Å². The Morgan fingerprint density at radius 1 is 1.09 bits per heavy atom. The van der Waals surface area contributed by atoms with Crippen molar-refractivity contribution in [3.05, 3.63) is 70.7 Å². The number of halogens is 1. The summed E-state index contributed by atoms with van der Waals surface area (Å²) in [5, 5.41) is 10.2. The second kappa shape index (κ2) is 9.58. The Hall–Kier alpha value is -3.10. The van der Waals surface area contributed by atoms with Gasteiger partial charge >= 0.3 is 12.2 Å². The minimum atomic E-state index is -1.14. The zero-order valence-electron chi connectivity index (χ0n) is 17.2. The lowest BCUT2D eigenvalue weighted by Gasteiger charge is -2.39. The van der Waals surface area contributed by atoms with Crippen LogP contribution in [0.15, 0.2) is 54.6 Å². The van der Waals surface area contributed by atoms with E-state index in [1.807, 2.05) is 30.3 Å². The zero-order chi connectivity index (χ0) is 22.7. The summed E-state index contributed by atoms with van der Waals surface area (Å²) in [6, 6.07) is 14.8. The van der Waals surface area contributed by atoms with Gasteiger partial charge in [-0.25, -0.2) is 14.5 Å². The van der Waals surface area contributed by atoms with E-state index in [4.69, 9.17) is 21.1 Å². The van der Waals surface area contributed by atoms with Crippen molar-refractivity contribution in [2.75, 3.05) is 26.4 Å². The van der Waals surface area contributed by atoms with Gasteiger partial charge in [0.1, 0.15) is 6.61 Å². The molecule has 2 heterocycles. The van der Waals surface area contributed by atoms with E-state index in [-0.39, 0.29) is 26.4 Å². The van der Waals surface area contributed by atoms with Crippen LogP contribution in [-0.4, -0.2) is 71.4 Å². The third-order valence-corrected chi connectivity index (χ3v) is 6.06. The number of imide groups is 1. The minimum absolute atomic E-state index is 0.0393. The lowest BCUT2D eigenvalue weighted by molar-refractivity contribution is -0.134. The highest BCUT2D eigenvalue weighted by atomic mass is 35.5. The smallest absolute Gasteiger partial charge is 0.417 e. The molecule has 32 heavy (non-hydrogen) atoms. The Bertz CT molecular complexity index is 984. The number of morpholine rings is 1. The molecule has 2 aromatic rings. The standard InChI is InChI=1S/C23H23ClN2O6/c24-17-8-6-16(7-9-17)20(19-14-31-11-10-25(19)22(28)29)21(27)26-18(13-32-23(26)30)12-15-4-2-1-3-5-15/h1-9,18-20H,10-14H2,(H,28,29)/t18?,19?,20-/m0/s1. The van der Waals surface area contributed by atoms with Crippen molar-refractivity contribution in [1.82, 2.24) is 9.80 Å². The fourth-order valence-electron chi connectivity index (χ4n) is 4.25. The van der Waals surface area contributed by atoms with E-state index in [1.54, 1.807) is 24.3 Å². The molecule has 0 saturated carbocycles. The normalized spacial score (nSPS) is 21.8. The van der Waals surface area contributed by atoms with Crippen molar-refractivity contribution in [2.24, 2.45) is 0 Å². The van der Waals surface area contributed by atoms with Crippen molar-refractivity contribution < 1.29 is 29.0 Å². The van der Waals surface area contributed by atoms with Gasteiger partial charge in [0, 0.05) is 11.6 Å². The Kier molecular flexibility index (Phi) is 6.62. The highest BCUT2D eigenvalue weighted by Gasteiger charge is 2.46. The molecule has 2 aliphatic rings. The fourth-order valence-corrected chi connectivity index (χ4v) is 4.38. The van der Waals surface area contributed by atoms with Gasteiger partial charge in [-0.05, 0) is 29.7 Å². The molecule has 2 aromatic carbocycles. The maximum atomic E-state index is 13.8. The quantitative estimate of drug-likeness (QED) is 0.737. The van der Waals surface area contributed by atoms with Gasteiger partial charge in [0.15, 0.2) is 0 Å². The zero-order valence-corrected chi connectivity index (χ0v) is 18.0. The van der Waals surface area contributed by atoms with Crippen LogP contribution < -0.4 is 0 Å². The molecule has 9 heteroatoms. The summed E-state index contributed by atoms with van der Waals surface area (Å²) >= 11 is 6.03. The summed E-state index contributed by atoms with van der Waals surface area (Å²) in [5.74, 6) is -1.47. The third-order valence-electron chi connectivity index (χ3n) is 5.80. The van der Waals surface area contributed by atoms with Crippen LogP contribution in [0.4, 0.5) is 9.59 Å². The molecule has 1 N–H and O–H groups in total. The van der Waals surface area contributed by atoms with Gasteiger partial charge in [-0.3, -0.25) is 9.69 Å². The summed E-state index contributed by atoms with van der Waals surface area (Å²) in [7, 11) is 0. The number of carboxylic acid groups (broad SMARTS) is 1. The van der Waals surface area contributed by atoms with Gasteiger partial charge in [0.25, 0.3) is 0 Å². The van der Waals surface area contributed by atoms with E-state index >= 15 is 0 Å². The van der Waals surface area contributed by atoms with E-state index < -0.39 is 36.1 Å². The van der Waals surface area contributed by atoms with E-state index in [9.17, 15) is 19.5 Å². The molecule has 2 aliphatic heterocycles. The molecule has 3 amide bonds. The maximum Gasteiger partial charge on any atom is 0.417 e. The molecule has 3 atom stereocenters. The topological polar surface area (TPSA) is 96.4 Å². The van der Waals surface area contributed by atoms with Crippen molar-refractivity contribution >= 4 is 29.7 Å². The van der Waals surface area contributed by atoms with Crippen LogP contribution in [0, 0.1) is 0 Å². The first-order valence-corrected chi connectivity index (χ1v) is 10.7. The molecule has 0 bridgehead atoms. The highest BCUT2D eigenvalue weighted by Crippen LogP contribution is 2.32. The fraction of sp³-hybridized carbons (Fsp3) is 0.348. The van der Waals surface area contributed by atoms with Gasteiger partial charge in [0.2, 0.25) is 5.91 Å². The first kappa shape index (κ1) is 22.1. The predicted molar refractivity (Wildman–Crippen MR) is 116 cm³/mol. The summed E-state index contributed by atoms with van der Waals surface area (Å²) in [5.41, 5.74) is 1.52. The number of amides is 3. The highest BCUT2D eigenvalue weighted by molar-refractivity contribution is 6.30. The lowest BCUT2D eigenvalue weighted by atomic mass is 9.88. The monoisotopic (exact) mass is 458 g/mol. The number of cyclic esters (lactones) is 1. The Labute approximate surface area is 190 Å². The molecule has 4 rings (SSSR count). The van der Waals surface area contributed by atoms with Gasteiger partial charge in [-0.15, -0.1) is 0 Å². The number of nitrogens with zero attached hydrogens (tertiary/aromatic N) is 2. The van der Waals surface area contributed by atoms with Crippen LogP contribution in [0.5, 0.6) is 0 Å². The van der Waals surface area contributed by atoms with Crippen LogP contribution in [0.1, 0.15) is 17.0 Å². The molecule has 2 saturated heterocycles. The molecular weight excluding hydrogens is 436 g/mol. The van der Waals surface area contributed by atoms with Crippen molar-refractivity contribution in [3.63, 3.8) is 0 Å². The molecule has 168 valence electrons. The van der Waals surface area contributed by atoms with Crippen molar-refractivity contribution in [3.8, 4) is 0 Å². The van der Waals surface area contributed by atoms with Crippen LogP contribution in [0.3, 0.4) is 0 Å². The average molecular weight is 459 g/mol. The summed E-state index contributed by atoms with van der Waals surface area (Å²) in [6.45, 7) is 0.496. The molecule has 0 aromatic heterocycles. The average Bonchev–Trinajstić information content (AvgIpc) is 3.16. The lowest BCUT2D eigenvalue weighted by Crippen LogP contribution is -2.55. The molecule has 0 aliphatic carbocycles. The van der Waals surface area contributed by atoms with Gasteiger partial charge in [-0.1, -0.05) is 54.1 Å². The number of carbonyl (C=O) groups is 3. The van der Waals surface area contributed by atoms with E-state index in [0.29, 0.717) is 17.0 Å². The second-order valence-electron chi connectivity index (χ2n) is 7.78. The molecule has 0 radical (unpaired) electrons. The number of hydrogen-bond acceptors (Lipinski definition) is 5. The van der Waals surface area contributed by atoms with Crippen LogP contribution in [0.25, 0.3) is 0 Å². The van der Waals surface area contributed by atoms with Crippen LogP contribution in [-0.2, 0) is 20.7 Å². The summed E-state index contributed by atoms with van der Waals surface area (Å²) < 4.78 is 10.8. The molecule has 2 fully saturated rings. The van der Waals surface area contributed by atoms with Crippen molar-refractivity contribution in [1.29, 1.82) is 0 Å². The minimum Gasteiger partial charge on any atom is -0.465 e. The number of ether oxygens (including phenoxy) is 2. The number of carbonyl (C=O) groups excluding carboxylic acids is 2. The number of benzene rings is 2. The summed E-state index contributed by atoms with van der Waals surface area (Å²) in [4.78, 5) is 40.7. The van der Waals surface area contributed by atoms with Gasteiger partial charge < -0.3 is 14.6 Å². The maximum absolute atomic E-state index is 13.8. The third kappa shape index (κ3) is 4.56. The molecule has 8 nitrogen and oxygen atoms in total. The van der Waals surface area contributed by atoms with Gasteiger partial charge in [-0.2, -0.15) is 0 Å². The van der Waals surface area contributed by atoms with E-state index in [2.05, 4.69) is 0 Å². The van der Waals surface area contributed by atoms with E-state index in [1.165, 1.54) is 4.90 Å². The summed E-state index contributed by atoms with van der Waals surface area (Å²) in [6.07, 6.45) is -1.43.